The molecule has 9 heteroatoms. The summed E-state index contributed by atoms with van der Waals surface area (Å²) in [5.41, 5.74) is 2.93. The molecular weight excluding hydrogens is 419 g/mol. The van der Waals surface area contributed by atoms with Crippen LogP contribution in [0.15, 0.2) is 24.3 Å². The summed E-state index contributed by atoms with van der Waals surface area (Å²) in [7, 11) is 0. The molecule has 0 spiro atoms. The standard InChI is InChI=1S/C23H28F3N5O/c1-17-21(18(2)31(28-17)10-4-9-27)7-8-22(32)30-13-11-29(12-14-30)16-19-5-3-6-20(15-19)23(24,25)26/h3,5-6,15H,4,7-8,10-14,16H2,1-2H3. The van der Waals surface area contributed by atoms with Gasteiger partial charge in [-0.15, -0.1) is 0 Å². The highest BCUT2D eigenvalue weighted by atomic mass is 19.4. The lowest BCUT2D eigenvalue weighted by Gasteiger charge is -2.35. The normalized spacial score (nSPS) is 15.1. The first-order valence-corrected chi connectivity index (χ1v) is 10.7. The van der Waals surface area contributed by atoms with Gasteiger partial charge in [-0.3, -0.25) is 14.4 Å². The molecule has 1 aromatic carbocycles. The maximum absolute atomic E-state index is 12.9. The first-order valence-electron chi connectivity index (χ1n) is 10.7. The molecule has 1 fully saturated rings. The van der Waals surface area contributed by atoms with Crippen LogP contribution in [0.1, 0.15) is 40.9 Å². The summed E-state index contributed by atoms with van der Waals surface area (Å²) in [5, 5.41) is 13.2. The fourth-order valence-electron chi connectivity index (χ4n) is 4.12. The molecule has 32 heavy (non-hydrogen) atoms. The van der Waals surface area contributed by atoms with E-state index in [2.05, 4.69) is 16.1 Å². The number of nitriles is 1. The third kappa shape index (κ3) is 5.88. The molecule has 6 nitrogen and oxygen atoms in total. The first-order chi connectivity index (χ1) is 15.2. The SMILES string of the molecule is Cc1nn(CCC#N)c(C)c1CCC(=O)N1CCN(Cc2cccc(C(F)(F)F)c2)CC1. The van der Waals surface area contributed by atoms with Crippen LogP contribution in [0, 0.1) is 25.2 Å². The lowest BCUT2D eigenvalue weighted by molar-refractivity contribution is -0.137. The second kappa shape index (κ2) is 10.2. The predicted molar refractivity (Wildman–Crippen MR) is 114 cm³/mol. The Morgan fingerprint density at radius 3 is 2.56 bits per heavy atom. The molecule has 0 saturated carbocycles. The number of alkyl halides is 3. The maximum atomic E-state index is 12.9. The van der Waals surface area contributed by atoms with Gasteiger partial charge in [0.1, 0.15) is 0 Å². The van der Waals surface area contributed by atoms with E-state index >= 15 is 0 Å². The number of aryl methyl sites for hydroxylation is 2. The number of nitrogens with zero attached hydrogens (tertiary/aromatic N) is 5. The second-order valence-electron chi connectivity index (χ2n) is 8.14. The van der Waals surface area contributed by atoms with Gasteiger partial charge in [0.25, 0.3) is 0 Å². The van der Waals surface area contributed by atoms with Gasteiger partial charge in [0.15, 0.2) is 0 Å². The van der Waals surface area contributed by atoms with Crippen LogP contribution in [0.4, 0.5) is 13.2 Å². The monoisotopic (exact) mass is 447 g/mol. The van der Waals surface area contributed by atoms with E-state index in [4.69, 9.17) is 5.26 Å². The van der Waals surface area contributed by atoms with Crippen LogP contribution >= 0.6 is 0 Å². The van der Waals surface area contributed by atoms with Gasteiger partial charge >= 0.3 is 6.18 Å². The highest BCUT2D eigenvalue weighted by Crippen LogP contribution is 2.29. The van der Waals surface area contributed by atoms with E-state index in [1.165, 1.54) is 12.1 Å². The molecule has 1 aliphatic rings. The molecule has 1 aromatic heterocycles. The summed E-state index contributed by atoms with van der Waals surface area (Å²) in [6.45, 7) is 7.26. The highest BCUT2D eigenvalue weighted by molar-refractivity contribution is 5.76. The summed E-state index contributed by atoms with van der Waals surface area (Å²) in [6, 6.07) is 7.53. The van der Waals surface area contributed by atoms with Crippen molar-refractivity contribution < 1.29 is 18.0 Å². The van der Waals surface area contributed by atoms with Crippen LogP contribution in [-0.4, -0.2) is 51.7 Å². The Labute approximate surface area is 186 Å². The molecular formula is C23H28F3N5O. The van der Waals surface area contributed by atoms with Gasteiger partial charge in [-0.05, 0) is 37.5 Å². The van der Waals surface area contributed by atoms with E-state index in [1.807, 2.05) is 23.4 Å². The zero-order valence-corrected chi connectivity index (χ0v) is 18.5. The largest absolute Gasteiger partial charge is 0.416 e. The van der Waals surface area contributed by atoms with E-state index in [0.29, 0.717) is 64.1 Å². The molecule has 0 unspecified atom stereocenters. The molecule has 1 aliphatic heterocycles. The van der Waals surface area contributed by atoms with Crippen molar-refractivity contribution >= 4 is 5.91 Å². The van der Waals surface area contributed by atoms with Crippen molar-refractivity contribution in [2.75, 3.05) is 26.2 Å². The fourth-order valence-corrected chi connectivity index (χ4v) is 4.12. The van der Waals surface area contributed by atoms with E-state index < -0.39 is 11.7 Å². The molecule has 2 aromatic rings. The van der Waals surface area contributed by atoms with Crippen LogP contribution < -0.4 is 0 Å². The first kappa shape index (κ1) is 23.8. The van der Waals surface area contributed by atoms with Crippen molar-refractivity contribution in [3.63, 3.8) is 0 Å². The molecule has 0 bridgehead atoms. The Morgan fingerprint density at radius 1 is 1.19 bits per heavy atom. The molecule has 0 N–H and O–H groups in total. The van der Waals surface area contributed by atoms with E-state index in [9.17, 15) is 18.0 Å². The smallest absolute Gasteiger partial charge is 0.340 e. The number of carbonyl (C=O) groups excluding carboxylic acids is 1. The zero-order chi connectivity index (χ0) is 23.3. The van der Waals surface area contributed by atoms with Gasteiger partial charge in [-0.25, -0.2) is 0 Å². The molecule has 1 amide bonds. The number of halogens is 3. The maximum Gasteiger partial charge on any atom is 0.416 e. The number of piperazine rings is 1. The van der Waals surface area contributed by atoms with Crippen molar-refractivity contribution in [1.29, 1.82) is 5.26 Å². The van der Waals surface area contributed by atoms with Gasteiger partial charge in [-0.1, -0.05) is 18.2 Å². The molecule has 1 saturated heterocycles. The molecule has 0 aliphatic carbocycles. The van der Waals surface area contributed by atoms with Gasteiger partial charge in [0.2, 0.25) is 5.91 Å². The predicted octanol–water partition coefficient (Wildman–Crippen LogP) is 3.71. The van der Waals surface area contributed by atoms with E-state index in [0.717, 1.165) is 23.0 Å². The Morgan fingerprint density at radius 2 is 1.91 bits per heavy atom. The van der Waals surface area contributed by atoms with Crippen LogP contribution in [-0.2, 0) is 30.5 Å². The number of carbonyl (C=O) groups is 1. The lowest BCUT2D eigenvalue weighted by Crippen LogP contribution is -2.48. The van der Waals surface area contributed by atoms with Crippen LogP contribution in [0.2, 0.25) is 0 Å². The van der Waals surface area contributed by atoms with E-state index in [-0.39, 0.29) is 5.91 Å². The number of hydrogen-bond acceptors (Lipinski definition) is 4. The third-order valence-electron chi connectivity index (χ3n) is 5.94. The highest BCUT2D eigenvalue weighted by Gasteiger charge is 2.30. The van der Waals surface area contributed by atoms with Crippen molar-refractivity contribution in [1.82, 2.24) is 19.6 Å². The molecule has 2 heterocycles. The van der Waals surface area contributed by atoms with Crippen molar-refractivity contribution in [2.24, 2.45) is 0 Å². The van der Waals surface area contributed by atoms with Crippen LogP contribution in [0.3, 0.4) is 0 Å². The lowest BCUT2D eigenvalue weighted by atomic mass is 10.1. The summed E-state index contributed by atoms with van der Waals surface area (Å²) in [5.74, 6) is 0.0762. The fraction of sp³-hybridized carbons (Fsp3) is 0.522. The van der Waals surface area contributed by atoms with E-state index in [1.54, 1.807) is 6.07 Å². The number of benzene rings is 1. The van der Waals surface area contributed by atoms with Gasteiger partial charge in [0, 0.05) is 44.8 Å². The average molecular weight is 448 g/mol. The van der Waals surface area contributed by atoms with Crippen molar-refractivity contribution in [3.05, 3.63) is 52.3 Å². The summed E-state index contributed by atoms with van der Waals surface area (Å²) < 4.78 is 40.6. The zero-order valence-electron chi connectivity index (χ0n) is 18.5. The molecule has 0 radical (unpaired) electrons. The topological polar surface area (TPSA) is 65.2 Å². The average Bonchev–Trinajstić information content (AvgIpc) is 3.03. The number of amides is 1. The van der Waals surface area contributed by atoms with Crippen LogP contribution in [0.25, 0.3) is 0 Å². The van der Waals surface area contributed by atoms with Crippen LogP contribution in [0.5, 0.6) is 0 Å². The summed E-state index contributed by atoms with van der Waals surface area (Å²) >= 11 is 0. The third-order valence-corrected chi connectivity index (χ3v) is 5.94. The molecule has 0 atom stereocenters. The minimum Gasteiger partial charge on any atom is -0.340 e. The number of rotatable bonds is 7. The number of hydrogen-bond donors (Lipinski definition) is 0. The second-order valence-corrected chi connectivity index (χ2v) is 8.14. The Balaban J connectivity index is 1.49. The molecule has 172 valence electrons. The molecule has 3 rings (SSSR count). The van der Waals surface area contributed by atoms with Gasteiger partial charge in [0.05, 0.1) is 30.3 Å². The van der Waals surface area contributed by atoms with Gasteiger partial charge in [-0.2, -0.15) is 23.5 Å². The minimum atomic E-state index is -4.34. The van der Waals surface area contributed by atoms with Crippen molar-refractivity contribution in [3.8, 4) is 6.07 Å². The van der Waals surface area contributed by atoms with Gasteiger partial charge < -0.3 is 4.90 Å². The quantitative estimate of drug-likeness (QED) is 0.649. The van der Waals surface area contributed by atoms with Crippen molar-refractivity contribution in [2.45, 2.75) is 52.4 Å². The minimum absolute atomic E-state index is 0.0762. The Bertz CT molecular complexity index is 984. The number of aromatic nitrogens is 2. The Hall–Kier alpha value is -2.86. The summed E-state index contributed by atoms with van der Waals surface area (Å²) in [4.78, 5) is 16.6. The Kier molecular flexibility index (Phi) is 7.56. The summed E-state index contributed by atoms with van der Waals surface area (Å²) in [6.07, 6.45) is -2.96.